The second kappa shape index (κ2) is 4.34. The van der Waals surface area contributed by atoms with E-state index < -0.39 is 0 Å². The Morgan fingerprint density at radius 1 is 0.941 bits per heavy atom. The predicted octanol–water partition coefficient (Wildman–Crippen LogP) is 3.14. The van der Waals surface area contributed by atoms with Crippen LogP contribution in [-0.4, -0.2) is 5.11 Å². The van der Waals surface area contributed by atoms with Gasteiger partial charge in [-0.25, -0.2) is 0 Å². The molecule has 3 rings (SSSR count). The molecule has 17 heavy (non-hydrogen) atoms. The molecule has 0 aliphatic heterocycles. The molecule has 0 saturated carbocycles. The molecule has 0 bridgehead atoms. The molecular weight excluding hydrogens is 208 g/mol. The fourth-order valence-electron chi connectivity index (χ4n) is 2.76. The van der Waals surface area contributed by atoms with E-state index in [1.807, 2.05) is 18.2 Å². The van der Waals surface area contributed by atoms with E-state index in [1.165, 1.54) is 11.1 Å². The van der Waals surface area contributed by atoms with Gasteiger partial charge in [-0.05, 0) is 35.4 Å². The lowest BCUT2D eigenvalue weighted by Crippen LogP contribution is -2.10. The maximum atomic E-state index is 10.3. The fourth-order valence-corrected chi connectivity index (χ4v) is 2.76. The monoisotopic (exact) mass is 224 g/mol. The molecular formula is C16H16O. The summed E-state index contributed by atoms with van der Waals surface area (Å²) in [5.41, 5.74) is 3.73. The molecule has 0 fully saturated rings. The normalized spacial score (nSPS) is 22.4. The van der Waals surface area contributed by atoms with E-state index >= 15 is 0 Å². The largest absolute Gasteiger partial charge is 0.388 e. The molecule has 0 amide bonds. The summed E-state index contributed by atoms with van der Waals surface area (Å²) in [6.45, 7) is 0. The minimum Gasteiger partial charge on any atom is -0.388 e. The molecule has 0 spiro atoms. The van der Waals surface area contributed by atoms with Gasteiger partial charge in [0, 0.05) is 0 Å². The molecule has 0 unspecified atom stereocenters. The Hall–Kier alpha value is -1.60. The maximum absolute atomic E-state index is 10.3. The number of benzene rings is 2. The van der Waals surface area contributed by atoms with Crippen molar-refractivity contribution >= 4 is 0 Å². The first-order valence-corrected chi connectivity index (χ1v) is 6.14. The third-order valence-electron chi connectivity index (χ3n) is 3.64. The van der Waals surface area contributed by atoms with E-state index in [9.17, 15) is 5.11 Å². The Balaban J connectivity index is 1.81. The highest BCUT2D eigenvalue weighted by atomic mass is 16.3. The quantitative estimate of drug-likeness (QED) is 0.831. The lowest BCUT2D eigenvalue weighted by molar-refractivity contribution is 0.123. The average molecular weight is 224 g/mol. The molecule has 0 radical (unpaired) electrons. The number of hydrogen-bond donors (Lipinski definition) is 1. The topological polar surface area (TPSA) is 20.2 Å². The lowest BCUT2D eigenvalue weighted by Gasteiger charge is -2.14. The van der Waals surface area contributed by atoms with Crippen molar-refractivity contribution in [3.05, 3.63) is 71.3 Å². The van der Waals surface area contributed by atoms with Gasteiger partial charge in [-0.3, -0.25) is 0 Å². The van der Waals surface area contributed by atoms with E-state index in [0.29, 0.717) is 5.92 Å². The van der Waals surface area contributed by atoms with E-state index in [4.69, 9.17) is 0 Å². The van der Waals surface area contributed by atoms with Crippen molar-refractivity contribution in [2.24, 2.45) is 5.92 Å². The van der Waals surface area contributed by atoms with Crippen LogP contribution in [0.1, 0.15) is 22.8 Å². The molecule has 2 atom stereocenters. The molecule has 2 aromatic rings. The van der Waals surface area contributed by atoms with E-state index in [2.05, 4.69) is 36.4 Å². The minimum atomic E-state index is -0.300. The summed E-state index contributed by atoms with van der Waals surface area (Å²) >= 11 is 0. The van der Waals surface area contributed by atoms with Crippen LogP contribution in [0, 0.1) is 5.92 Å². The summed E-state index contributed by atoms with van der Waals surface area (Å²) in [7, 11) is 0. The van der Waals surface area contributed by atoms with Gasteiger partial charge in [0.1, 0.15) is 0 Å². The molecule has 1 aliphatic carbocycles. The van der Waals surface area contributed by atoms with E-state index in [1.54, 1.807) is 0 Å². The van der Waals surface area contributed by atoms with Gasteiger partial charge in [-0.15, -0.1) is 0 Å². The zero-order chi connectivity index (χ0) is 11.7. The Morgan fingerprint density at radius 3 is 2.41 bits per heavy atom. The molecule has 0 heterocycles. The Bertz CT molecular complexity index is 504. The van der Waals surface area contributed by atoms with Crippen molar-refractivity contribution < 1.29 is 5.11 Å². The van der Waals surface area contributed by atoms with Gasteiger partial charge in [0.15, 0.2) is 0 Å². The number of rotatable bonds is 2. The molecule has 0 saturated heterocycles. The highest BCUT2D eigenvalue weighted by Crippen LogP contribution is 2.37. The summed E-state index contributed by atoms with van der Waals surface area (Å²) in [6.07, 6.45) is 1.65. The van der Waals surface area contributed by atoms with Crippen molar-refractivity contribution in [2.45, 2.75) is 18.9 Å². The van der Waals surface area contributed by atoms with Crippen molar-refractivity contribution in [2.75, 3.05) is 0 Å². The summed E-state index contributed by atoms with van der Waals surface area (Å²) in [5.74, 6) is 0.329. The standard InChI is InChI=1S/C16H16O/c17-16-14(10-12-6-2-1-3-7-12)11-13-8-4-5-9-15(13)16/h1-9,14,16-17H,10-11H2/t14-,16+/m1/s1. The van der Waals surface area contributed by atoms with Crippen LogP contribution in [-0.2, 0) is 12.8 Å². The van der Waals surface area contributed by atoms with Gasteiger partial charge in [0.2, 0.25) is 0 Å². The van der Waals surface area contributed by atoms with E-state index in [-0.39, 0.29) is 6.10 Å². The Labute approximate surface area is 102 Å². The van der Waals surface area contributed by atoms with Crippen LogP contribution in [0.25, 0.3) is 0 Å². The fraction of sp³-hybridized carbons (Fsp3) is 0.250. The van der Waals surface area contributed by atoms with Gasteiger partial charge < -0.3 is 5.11 Å². The molecule has 1 nitrogen and oxygen atoms in total. The van der Waals surface area contributed by atoms with Crippen LogP contribution >= 0.6 is 0 Å². The molecule has 2 aromatic carbocycles. The van der Waals surface area contributed by atoms with Crippen LogP contribution < -0.4 is 0 Å². The number of aliphatic hydroxyl groups is 1. The SMILES string of the molecule is O[C@@H]1c2ccccc2C[C@H]1Cc1ccccc1. The van der Waals surface area contributed by atoms with Gasteiger partial charge >= 0.3 is 0 Å². The molecule has 0 aromatic heterocycles. The van der Waals surface area contributed by atoms with Crippen LogP contribution in [0.15, 0.2) is 54.6 Å². The first-order valence-electron chi connectivity index (χ1n) is 6.14. The highest BCUT2D eigenvalue weighted by molar-refractivity contribution is 5.35. The van der Waals surface area contributed by atoms with Crippen molar-refractivity contribution in [3.8, 4) is 0 Å². The summed E-state index contributed by atoms with van der Waals surface area (Å²) in [6, 6.07) is 18.7. The number of aliphatic hydroxyl groups excluding tert-OH is 1. The zero-order valence-electron chi connectivity index (χ0n) is 9.71. The second-order valence-corrected chi connectivity index (χ2v) is 4.80. The van der Waals surface area contributed by atoms with Gasteiger partial charge in [-0.2, -0.15) is 0 Å². The smallest absolute Gasteiger partial charge is 0.0827 e. The first-order chi connectivity index (χ1) is 8.34. The first kappa shape index (κ1) is 10.5. The third-order valence-corrected chi connectivity index (χ3v) is 3.64. The van der Waals surface area contributed by atoms with E-state index in [0.717, 1.165) is 18.4 Å². The lowest BCUT2D eigenvalue weighted by atomic mass is 9.95. The molecule has 1 heteroatoms. The summed E-state index contributed by atoms with van der Waals surface area (Å²) in [4.78, 5) is 0. The number of fused-ring (bicyclic) bond motifs is 1. The highest BCUT2D eigenvalue weighted by Gasteiger charge is 2.30. The van der Waals surface area contributed by atoms with Crippen LogP contribution in [0.2, 0.25) is 0 Å². The second-order valence-electron chi connectivity index (χ2n) is 4.80. The molecule has 1 aliphatic rings. The molecule has 1 N–H and O–H groups in total. The Kier molecular flexibility index (Phi) is 2.69. The summed E-state index contributed by atoms with van der Waals surface area (Å²) in [5, 5.41) is 10.3. The predicted molar refractivity (Wildman–Crippen MR) is 68.7 cm³/mol. The molecule has 86 valence electrons. The van der Waals surface area contributed by atoms with Crippen LogP contribution in [0.3, 0.4) is 0 Å². The van der Waals surface area contributed by atoms with Crippen LogP contribution in [0.4, 0.5) is 0 Å². The Morgan fingerprint density at radius 2 is 1.65 bits per heavy atom. The third kappa shape index (κ3) is 1.98. The van der Waals surface area contributed by atoms with Gasteiger partial charge in [0.05, 0.1) is 6.10 Å². The minimum absolute atomic E-state index is 0.300. The maximum Gasteiger partial charge on any atom is 0.0827 e. The van der Waals surface area contributed by atoms with Gasteiger partial charge in [-0.1, -0.05) is 54.6 Å². The van der Waals surface area contributed by atoms with Crippen molar-refractivity contribution in [1.82, 2.24) is 0 Å². The average Bonchev–Trinajstić information content (AvgIpc) is 2.68. The number of hydrogen-bond acceptors (Lipinski definition) is 1. The van der Waals surface area contributed by atoms with Crippen molar-refractivity contribution in [3.63, 3.8) is 0 Å². The van der Waals surface area contributed by atoms with Gasteiger partial charge in [0.25, 0.3) is 0 Å². The van der Waals surface area contributed by atoms with Crippen molar-refractivity contribution in [1.29, 1.82) is 0 Å². The zero-order valence-corrected chi connectivity index (χ0v) is 9.71. The summed E-state index contributed by atoms with van der Waals surface area (Å²) < 4.78 is 0. The van der Waals surface area contributed by atoms with Crippen LogP contribution in [0.5, 0.6) is 0 Å².